The molecular weight excluding hydrogens is 226 g/mol. The molecule has 0 rings (SSSR count). The SMILES string of the molecule is CNC(CCC(=O)NCCCCON)C(=O)O. The van der Waals surface area contributed by atoms with E-state index in [2.05, 4.69) is 15.5 Å². The second-order valence-corrected chi connectivity index (χ2v) is 3.65. The van der Waals surface area contributed by atoms with Gasteiger partial charge in [-0.2, -0.15) is 0 Å². The van der Waals surface area contributed by atoms with Crippen molar-refractivity contribution in [3.05, 3.63) is 0 Å². The molecule has 7 heteroatoms. The molecule has 100 valence electrons. The summed E-state index contributed by atoms with van der Waals surface area (Å²) < 4.78 is 0. The van der Waals surface area contributed by atoms with E-state index in [-0.39, 0.29) is 18.7 Å². The number of aliphatic carboxylic acids is 1. The predicted molar refractivity (Wildman–Crippen MR) is 62.1 cm³/mol. The van der Waals surface area contributed by atoms with E-state index in [0.29, 0.717) is 13.2 Å². The summed E-state index contributed by atoms with van der Waals surface area (Å²) in [7, 11) is 1.56. The first-order valence-corrected chi connectivity index (χ1v) is 5.60. The van der Waals surface area contributed by atoms with Crippen LogP contribution in [0.4, 0.5) is 0 Å². The Morgan fingerprint density at radius 3 is 2.65 bits per heavy atom. The fourth-order valence-corrected chi connectivity index (χ4v) is 1.29. The minimum absolute atomic E-state index is 0.139. The molecule has 0 aromatic rings. The van der Waals surface area contributed by atoms with E-state index < -0.39 is 12.0 Å². The molecule has 0 aliphatic heterocycles. The van der Waals surface area contributed by atoms with Crippen molar-refractivity contribution in [2.45, 2.75) is 31.7 Å². The maximum atomic E-state index is 11.3. The number of carbonyl (C=O) groups is 2. The van der Waals surface area contributed by atoms with Gasteiger partial charge in [0.05, 0.1) is 6.61 Å². The van der Waals surface area contributed by atoms with Crippen molar-refractivity contribution < 1.29 is 19.5 Å². The zero-order valence-corrected chi connectivity index (χ0v) is 10.1. The molecular formula is C10H21N3O4. The molecule has 0 bridgehead atoms. The summed E-state index contributed by atoms with van der Waals surface area (Å²) in [6, 6.07) is -0.675. The van der Waals surface area contributed by atoms with Crippen LogP contribution in [-0.2, 0) is 14.4 Å². The molecule has 0 saturated carbocycles. The quantitative estimate of drug-likeness (QED) is 0.298. The Hall–Kier alpha value is -1.18. The van der Waals surface area contributed by atoms with Crippen molar-refractivity contribution in [1.82, 2.24) is 10.6 Å². The summed E-state index contributed by atoms with van der Waals surface area (Å²) in [5, 5.41) is 14.1. The van der Waals surface area contributed by atoms with Gasteiger partial charge in [0.1, 0.15) is 6.04 Å². The Morgan fingerprint density at radius 1 is 1.41 bits per heavy atom. The third-order valence-corrected chi connectivity index (χ3v) is 2.32. The lowest BCUT2D eigenvalue weighted by Gasteiger charge is -2.10. The summed E-state index contributed by atoms with van der Waals surface area (Å²) in [5.41, 5.74) is 0. The molecule has 5 N–H and O–H groups in total. The highest BCUT2D eigenvalue weighted by molar-refractivity contribution is 5.78. The van der Waals surface area contributed by atoms with Gasteiger partial charge in [-0.05, 0) is 26.3 Å². The van der Waals surface area contributed by atoms with Gasteiger partial charge >= 0.3 is 5.97 Å². The summed E-state index contributed by atoms with van der Waals surface area (Å²) in [4.78, 5) is 26.4. The summed E-state index contributed by atoms with van der Waals surface area (Å²) in [6.07, 6.45) is 2.05. The van der Waals surface area contributed by atoms with Crippen LogP contribution < -0.4 is 16.5 Å². The van der Waals surface area contributed by atoms with Gasteiger partial charge in [0.2, 0.25) is 5.91 Å². The molecule has 7 nitrogen and oxygen atoms in total. The van der Waals surface area contributed by atoms with Gasteiger partial charge in [-0.15, -0.1) is 0 Å². The normalized spacial score (nSPS) is 12.1. The van der Waals surface area contributed by atoms with Crippen LogP contribution in [0.3, 0.4) is 0 Å². The van der Waals surface area contributed by atoms with E-state index in [9.17, 15) is 9.59 Å². The van der Waals surface area contributed by atoms with E-state index in [1.165, 1.54) is 0 Å². The molecule has 0 radical (unpaired) electrons. The van der Waals surface area contributed by atoms with E-state index >= 15 is 0 Å². The number of carbonyl (C=O) groups excluding carboxylic acids is 1. The molecule has 0 aliphatic rings. The van der Waals surface area contributed by atoms with Crippen LogP contribution in [0.2, 0.25) is 0 Å². The third kappa shape index (κ3) is 8.61. The number of carboxylic acid groups (broad SMARTS) is 1. The van der Waals surface area contributed by atoms with Crippen molar-refractivity contribution in [3.63, 3.8) is 0 Å². The van der Waals surface area contributed by atoms with Crippen LogP contribution in [0.1, 0.15) is 25.7 Å². The first kappa shape index (κ1) is 15.8. The van der Waals surface area contributed by atoms with Crippen molar-refractivity contribution in [1.29, 1.82) is 0 Å². The molecule has 0 aromatic heterocycles. The minimum atomic E-state index is -0.944. The fourth-order valence-electron chi connectivity index (χ4n) is 1.29. The van der Waals surface area contributed by atoms with Crippen LogP contribution in [-0.4, -0.2) is 43.2 Å². The van der Waals surface area contributed by atoms with Gasteiger partial charge in [-0.25, -0.2) is 5.90 Å². The first-order chi connectivity index (χ1) is 8.11. The summed E-state index contributed by atoms with van der Waals surface area (Å²) in [5.74, 6) is 3.76. The average molecular weight is 247 g/mol. The predicted octanol–water partition coefficient (Wildman–Crippen LogP) is -0.774. The zero-order chi connectivity index (χ0) is 13.1. The second-order valence-electron chi connectivity index (χ2n) is 3.65. The van der Waals surface area contributed by atoms with Gasteiger partial charge in [-0.3, -0.25) is 9.59 Å². The van der Waals surface area contributed by atoms with E-state index in [0.717, 1.165) is 12.8 Å². The highest BCUT2D eigenvalue weighted by atomic mass is 16.6. The number of amides is 1. The van der Waals surface area contributed by atoms with Gasteiger partial charge in [0.25, 0.3) is 0 Å². The van der Waals surface area contributed by atoms with E-state index in [4.69, 9.17) is 11.0 Å². The molecule has 1 amide bonds. The standard InChI is InChI=1S/C10H21N3O4/c1-12-8(10(15)16)4-5-9(14)13-6-2-3-7-17-11/h8,12H,2-7,11H2,1H3,(H,13,14)(H,15,16). The molecule has 1 unspecified atom stereocenters. The Morgan fingerprint density at radius 2 is 2.12 bits per heavy atom. The fraction of sp³-hybridized carbons (Fsp3) is 0.800. The number of unbranched alkanes of at least 4 members (excludes halogenated alkanes) is 1. The Bertz CT molecular complexity index is 236. The molecule has 1 atom stereocenters. The monoisotopic (exact) mass is 247 g/mol. The number of carboxylic acids is 1. The lowest BCUT2D eigenvalue weighted by molar-refractivity contribution is -0.139. The molecule has 0 saturated heterocycles. The van der Waals surface area contributed by atoms with Crippen LogP contribution >= 0.6 is 0 Å². The lowest BCUT2D eigenvalue weighted by Crippen LogP contribution is -2.35. The molecule has 17 heavy (non-hydrogen) atoms. The van der Waals surface area contributed by atoms with Crippen molar-refractivity contribution in [2.75, 3.05) is 20.2 Å². The van der Waals surface area contributed by atoms with Crippen molar-refractivity contribution >= 4 is 11.9 Å². The van der Waals surface area contributed by atoms with Crippen molar-refractivity contribution in [3.8, 4) is 0 Å². The molecule has 0 aromatic carbocycles. The van der Waals surface area contributed by atoms with Gasteiger partial charge in [-0.1, -0.05) is 0 Å². The second kappa shape index (κ2) is 10.0. The maximum absolute atomic E-state index is 11.3. The summed E-state index contributed by atoms with van der Waals surface area (Å²) in [6.45, 7) is 1.02. The van der Waals surface area contributed by atoms with Crippen LogP contribution in [0.25, 0.3) is 0 Å². The van der Waals surface area contributed by atoms with Gasteiger partial charge in [0.15, 0.2) is 0 Å². The van der Waals surface area contributed by atoms with Crippen LogP contribution in [0, 0.1) is 0 Å². The van der Waals surface area contributed by atoms with Crippen molar-refractivity contribution in [2.24, 2.45) is 5.90 Å². The number of rotatable bonds is 10. The number of nitrogens with two attached hydrogens (primary N) is 1. The average Bonchev–Trinajstić information content (AvgIpc) is 2.29. The first-order valence-electron chi connectivity index (χ1n) is 5.60. The molecule has 0 spiro atoms. The van der Waals surface area contributed by atoms with Gasteiger partial charge in [0, 0.05) is 13.0 Å². The number of hydrogen-bond donors (Lipinski definition) is 4. The van der Waals surface area contributed by atoms with Gasteiger partial charge < -0.3 is 20.6 Å². The number of hydrogen-bond acceptors (Lipinski definition) is 5. The highest BCUT2D eigenvalue weighted by Crippen LogP contribution is 1.97. The summed E-state index contributed by atoms with van der Waals surface area (Å²) >= 11 is 0. The minimum Gasteiger partial charge on any atom is -0.480 e. The Balaban J connectivity index is 3.55. The Kier molecular flexibility index (Phi) is 9.31. The van der Waals surface area contributed by atoms with E-state index in [1.54, 1.807) is 7.05 Å². The maximum Gasteiger partial charge on any atom is 0.320 e. The zero-order valence-electron chi connectivity index (χ0n) is 10.1. The Labute approximate surface area is 101 Å². The number of likely N-dealkylation sites (N-methyl/N-ethyl adjacent to an activating group) is 1. The largest absolute Gasteiger partial charge is 0.480 e. The lowest BCUT2D eigenvalue weighted by atomic mass is 10.1. The third-order valence-electron chi connectivity index (χ3n) is 2.32. The van der Waals surface area contributed by atoms with Crippen LogP contribution in [0.15, 0.2) is 0 Å². The topological polar surface area (TPSA) is 114 Å². The van der Waals surface area contributed by atoms with Crippen LogP contribution in [0.5, 0.6) is 0 Å². The van der Waals surface area contributed by atoms with E-state index in [1.807, 2.05) is 0 Å². The number of nitrogens with one attached hydrogen (secondary N) is 2. The molecule has 0 heterocycles. The highest BCUT2D eigenvalue weighted by Gasteiger charge is 2.15. The smallest absolute Gasteiger partial charge is 0.320 e. The molecule has 0 fully saturated rings. The molecule has 0 aliphatic carbocycles.